The van der Waals surface area contributed by atoms with Crippen LogP contribution in [0.5, 0.6) is 5.75 Å². The van der Waals surface area contributed by atoms with Gasteiger partial charge in [0.15, 0.2) is 0 Å². The molecule has 0 aliphatic carbocycles. The third kappa shape index (κ3) is 3.89. The fraction of sp³-hybridized carbons (Fsp3) is 0.0556. The van der Waals surface area contributed by atoms with E-state index in [4.69, 9.17) is 4.74 Å². The van der Waals surface area contributed by atoms with Gasteiger partial charge in [-0.05, 0) is 47.7 Å². The highest BCUT2D eigenvalue weighted by Crippen LogP contribution is 2.35. The van der Waals surface area contributed by atoms with Crippen molar-refractivity contribution in [3.05, 3.63) is 65.1 Å². The van der Waals surface area contributed by atoms with E-state index in [2.05, 4.69) is 0 Å². The van der Waals surface area contributed by atoms with Crippen molar-refractivity contribution in [2.24, 2.45) is 0 Å². The summed E-state index contributed by atoms with van der Waals surface area (Å²) in [4.78, 5) is 36.5. The molecule has 2 amide bonds. The molecule has 1 aliphatic rings. The van der Waals surface area contributed by atoms with Crippen LogP contribution >= 0.6 is 11.8 Å². The van der Waals surface area contributed by atoms with Crippen molar-refractivity contribution < 1.29 is 24.2 Å². The van der Waals surface area contributed by atoms with Crippen molar-refractivity contribution in [3.63, 3.8) is 0 Å². The molecule has 126 valence electrons. The third-order valence-electron chi connectivity index (χ3n) is 3.32. The number of hydrogen-bond acceptors (Lipinski definition) is 6. The van der Waals surface area contributed by atoms with Crippen LogP contribution in [-0.2, 0) is 9.59 Å². The lowest BCUT2D eigenvalue weighted by atomic mass is 10.2. The molecule has 1 heterocycles. The van der Waals surface area contributed by atoms with Gasteiger partial charge in [0.05, 0.1) is 16.6 Å². The molecule has 7 heteroatoms. The van der Waals surface area contributed by atoms with Gasteiger partial charge in [0.25, 0.3) is 11.1 Å². The third-order valence-corrected chi connectivity index (χ3v) is 4.19. The monoisotopic (exact) mass is 354 g/mol. The Bertz CT molecular complexity index is 863. The van der Waals surface area contributed by atoms with E-state index in [9.17, 15) is 19.5 Å². The number of thioether (sulfide) groups is 1. The van der Waals surface area contributed by atoms with Crippen LogP contribution in [0.1, 0.15) is 5.56 Å². The Morgan fingerprint density at radius 2 is 1.88 bits per heavy atom. The van der Waals surface area contributed by atoms with Crippen molar-refractivity contribution in [2.45, 2.75) is 0 Å². The number of carboxylic acids is 1. The number of nitrogens with zero attached hydrogens (tertiary/aromatic N) is 1. The zero-order valence-corrected chi connectivity index (χ0v) is 13.7. The summed E-state index contributed by atoms with van der Waals surface area (Å²) in [7, 11) is 0. The number of anilines is 1. The summed E-state index contributed by atoms with van der Waals surface area (Å²) >= 11 is 0.849. The van der Waals surface area contributed by atoms with Crippen LogP contribution in [0.4, 0.5) is 10.5 Å². The van der Waals surface area contributed by atoms with Crippen LogP contribution in [-0.4, -0.2) is 23.7 Å². The summed E-state index contributed by atoms with van der Waals surface area (Å²) in [6, 6.07) is 15.2. The molecule has 1 fully saturated rings. The lowest BCUT2D eigenvalue weighted by Gasteiger charge is -2.11. The van der Waals surface area contributed by atoms with E-state index in [1.165, 1.54) is 0 Å². The first kappa shape index (κ1) is 16.8. The molecule has 0 spiro atoms. The number of carboxylic acid groups (broad SMARTS) is 1. The van der Waals surface area contributed by atoms with E-state index in [0.717, 1.165) is 16.7 Å². The summed E-state index contributed by atoms with van der Waals surface area (Å²) in [6.07, 6.45) is 1.57. The molecule has 0 unspecified atom stereocenters. The van der Waals surface area contributed by atoms with E-state index < -0.39 is 18.5 Å². The highest BCUT2D eigenvalue weighted by molar-refractivity contribution is 8.19. The Labute approximate surface area is 147 Å². The molecule has 0 radical (unpaired) electrons. The maximum Gasteiger partial charge on any atom is 0.298 e. The number of aliphatic carboxylic acids is 1. The number of amides is 2. The Morgan fingerprint density at radius 3 is 2.60 bits per heavy atom. The fourth-order valence-corrected chi connectivity index (χ4v) is 3.10. The number of rotatable bonds is 5. The zero-order valence-electron chi connectivity index (χ0n) is 12.9. The first-order valence-corrected chi connectivity index (χ1v) is 8.12. The molecule has 25 heavy (non-hydrogen) atoms. The van der Waals surface area contributed by atoms with Gasteiger partial charge in [0, 0.05) is 0 Å². The van der Waals surface area contributed by atoms with Gasteiger partial charge in [-0.25, -0.2) is 4.90 Å². The first-order valence-electron chi connectivity index (χ1n) is 7.30. The average Bonchev–Trinajstić information content (AvgIpc) is 2.88. The Morgan fingerprint density at radius 1 is 1.12 bits per heavy atom. The van der Waals surface area contributed by atoms with Crippen LogP contribution in [0.15, 0.2) is 59.5 Å². The highest BCUT2D eigenvalue weighted by atomic mass is 32.2. The van der Waals surface area contributed by atoms with Crippen LogP contribution in [0, 0.1) is 0 Å². The van der Waals surface area contributed by atoms with E-state index >= 15 is 0 Å². The zero-order chi connectivity index (χ0) is 17.8. The van der Waals surface area contributed by atoms with Crippen LogP contribution in [0.2, 0.25) is 0 Å². The fourth-order valence-electron chi connectivity index (χ4n) is 2.26. The van der Waals surface area contributed by atoms with E-state index in [1.807, 2.05) is 0 Å². The molecular formula is C18H12NO5S-. The number of benzene rings is 2. The Balaban J connectivity index is 1.83. The van der Waals surface area contributed by atoms with Gasteiger partial charge in [-0.3, -0.25) is 9.59 Å². The number of imide groups is 1. The summed E-state index contributed by atoms with van der Waals surface area (Å²) in [6.45, 7) is -0.562. The molecule has 0 aromatic heterocycles. The number of ether oxygens (including phenoxy) is 1. The minimum absolute atomic E-state index is 0.283. The summed E-state index contributed by atoms with van der Waals surface area (Å²) in [5.74, 6) is -1.39. The summed E-state index contributed by atoms with van der Waals surface area (Å²) < 4.78 is 5.05. The van der Waals surface area contributed by atoms with Crippen molar-refractivity contribution in [1.82, 2.24) is 0 Å². The van der Waals surface area contributed by atoms with Gasteiger partial charge in [0.1, 0.15) is 12.4 Å². The van der Waals surface area contributed by atoms with Gasteiger partial charge in [0.2, 0.25) is 0 Å². The van der Waals surface area contributed by atoms with E-state index in [0.29, 0.717) is 17.0 Å². The van der Waals surface area contributed by atoms with E-state index in [-0.39, 0.29) is 10.1 Å². The number of para-hydroxylation sites is 1. The van der Waals surface area contributed by atoms with Gasteiger partial charge in [-0.2, -0.15) is 0 Å². The molecule has 3 rings (SSSR count). The molecule has 0 N–H and O–H groups in total. The van der Waals surface area contributed by atoms with E-state index in [1.54, 1.807) is 60.7 Å². The molecule has 0 bridgehead atoms. The van der Waals surface area contributed by atoms with Gasteiger partial charge < -0.3 is 14.6 Å². The SMILES string of the molecule is O=C([O-])COc1cccc(/C=C2\SC(=O)N(c3ccccc3)C2=O)c1. The minimum Gasteiger partial charge on any atom is -0.546 e. The topological polar surface area (TPSA) is 86.7 Å². The molecule has 6 nitrogen and oxygen atoms in total. The lowest BCUT2D eigenvalue weighted by Crippen LogP contribution is -2.28. The second-order valence-corrected chi connectivity index (χ2v) is 6.08. The standard InChI is InChI=1S/C18H13NO5S/c20-16(21)11-24-14-8-4-5-12(9-14)10-15-17(22)19(18(23)25-15)13-6-2-1-3-7-13/h1-10H,11H2,(H,20,21)/p-1/b15-10-. The predicted molar refractivity (Wildman–Crippen MR) is 91.8 cm³/mol. The summed E-state index contributed by atoms with van der Waals surface area (Å²) in [5, 5.41) is 10.1. The second kappa shape index (κ2) is 7.23. The second-order valence-electron chi connectivity index (χ2n) is 5.09. The minimum atomic E-state index is -1.32. The molecule has 0 saturated carbocycles. The average molecular weight is 354 g/mol. The van der Waals surface area contributed by atoms with Gasteiger partial charge in [-0.15, -0.1) is 0 Å². The molecule has 1 aliphatic heterocycles. The molecule has 2 aromatic carbocycles. The largest absolute Gasteiger partial charge is 0.546 e. The van der Waals surface area contributed by atoms with Crippen molar-refractivity contribution in [1.29, 1.82) is 0 Å². The lowest BCUT2D eigenvalue weighted by molar-refractivity contribution is -0.307. The smallest absolute Gasteiger partial charge is 0.298 e. The highest BCUT2D eigenvalue weighted by Gasteiger charge is 2.36. The molecule has 0 atom stereocenters. The predicted octanol–water partition coefficient (Wildman–Crippen LogP) is 2.06. The Hall–Kier alpha value is -3.06. The van der Waals surface area contributed by atoms with Crippen LogP contribution in [0.25, 0.3) is 6.08 Å². The van der Waals surface area contributed by atoms with Gasteiger partial charge >= 0.3 is 0 Å². The number of carbonyl (C=O) groups is 3. The van der Waals surface area contributed by atoms with Gasteiger partial charge in [-0.1, -0.05) is 30.3 Å². The van der Waals surface area contributed by atoms with Crippen molar-refractivity contribution in [3.8, 4) is 5.75 Å². The van der Waals surface area contributed by atoms with Crippen LogP contribution in [0.3, 0.4) is 0 Å². The van der Waals surface area contributed by atoms with Crippen molar-refractivity contribution in [2.75, 3.05) is 11.5 Å². The molecular weight excluding hydrogens is 342 g/mol. The summed E-state index contributed by atoms with van der Waals surface area (Å²) in [5.41, 5.74) is 1.13. The normalized spacial score (nSPS) is 15.7. The Kier molecular flexibility index (Phi) is 4.85. The molecule has 1 saturated heterocycles. The maximum absolute atomic E-state index is 12.5. The quantitative estimate of drug-likeness (QED) is 0.764. The molecule has 2 aromatic rings. The maximum atomic E-state index is 12.5. The number of hydrogen-bond donors (Lipinski definition) is 0. The number of carbonyl (C=O) groups excluding carboxylic acids is 3. The van der Waals surface area contributed by atoms with Crippen LogP contribution < -0.4 is 14.7 Å². The first-order chi connectivity index (χ1) is 12.0. The van der Waals surface area contributed by atoms with Crippen molar-refractivity contribution >= 4 is 40.6 Å².